The number of nitrogens with zero attached hydrogens (tertiary/aromatic N) is 2. The van der Waals surface area contributed by atoms with Crippen LogP contribution in [0, 0.1) is 5.92 Å². The molecule has 2 saturated heterocycles. The van der Waals surface area contributed by atoms with E-state index in [2.05, 4.69) is 20.5 Å². The van der Waals surface area contributed by atoms with Crippen molar-refractivity contribution in [3.63, 3.8) is 0 Å². The van der Waals surface area contributed by atoms with Crippen LogP contribution < -0.4 is 10.6 Å². The highest BCUT2D eigenvalue weighted by Crippen LogP contribution is 2.27. The summed E-state index contributed by atoms with van der Waals surface area (Å²) in [5.74, 6) is 3.28. The van der Waals surface area contributed by atoms with Crippen LogP contribution in [0.15, 0.2) is 4.99 Å². The van der Waals surface area contributed by atoms with Crippen LogP contribution in [0.25, 0.3) is 0 Å². The highest BCUT2D eigenvalue weighted by molar-refractivity contribution is 7.99. The Morgan fingerprint density at radius 3 is 2.73 bits per heavy atom. The molecule has 126 valence electrons. The summed E-state index contributed by atoms with van der Waals surface area (Å²) in [6, 6.07) is 0. The summed E-state index contributed by atoms with van der Waals surface area (Å²) < 4.78 is 0. The fourth-order valence-corrected chi connectivity index (χ4v) is 4.32. The Kier molecular flexibility index (Phi) is 6.37. The van der Waals surface area contributed by atoms with Gasteiger partial charge in [0.15, 0.2) is 5.96 Å². The number of rotatable bonds is 4. The summed E-state index contributed by atoms with van der Waals surface area (Å²) in [5, 5.41) is 16.4. The Morgan fingerprint density at radius 2 is 2.18 bits per heavy atom. The molecule has 2 heterocycles. The van der Waals surface area contributed by atoms with Crippen molar-refractivity contribution in [3.05, 3.63) is 0 Å². The summed E-state index contributed by atoms with van der Waals surface area (Å²) in [4.78, 5) is 18.0. The molecule has 1 amide bonds. The summed E-state index contributed by atoms with van der Waals surface area (Å²) in [6.45, 7) is 2.38. The van der Waals surface area contributed by atoms with Gasteiger partial charge in [0.1, 0.15) is 0 Å². The first-order valence-corrected chi connectivity index (χ1v) is 9.18. The number of amides is 1. The number of carbonyl (C=O) groups excluding carboxylic acids is 1. The van der Waals surface area contributed by atoms with Gasteiger partial charge >= 0.3 is 0 Å². The number of guanidine groups is 1. The molecule has 1 unspecified atom stereocenters. The molecule has 0 aromatic heterocycles. The first-order valence-electron chi connectivity index (χ1n) is 8.02. The molecule has 0 aromatic rings. The minimum atomic E-state index is -0.599. The zero-order chi connectivity index (χ0) is 16.0. The molecule has 6 nitrogen and oxygen atoms in total. The van der Waals surface area contributed by atoms with Gasteiger partial charge in [-0.05, 0) is 30.9 Å². The lowest BCUT2D eigenvalue weighted by Gasteiger charge is -2.35. The van der Waals surface area contributed by atoms with Gasteiger partial charge in [0.2, 0.25) is 5.91 Å². The molecule has 22 heavy (non-hydrogen) atoms. The van der Waals surface area contributed by atoms with E-state index in [-0.39, 0.29) is 5.91 Å². The maximum absolute atomic E-state index is 11.4. The number of piperidine rings is 1. The molecule has 2 aliphatic rings. The fraction of sp³-hybridized carbons (Fsp3) is 0.867. The third-order valence-corrected chi connectivity index (χ3v) is 5.77. The minimum absolute atomic E-state index is 0.127. The predicted octanol–water partition coefficient (Wildman–Crippen LogP) is 0.278. The molecule has 2 fully saturated rings. The molecule has 0 spiro atoms. The molecule has 7 heteroatoms. The van der Waals surface area contributed by atoms with Crippen molar-refractivity contribution in [3.8, 4) is 0 Å². The van der Waals surface area contributed by atoms with E-state index in [1.807, 2.05) is 0 Å². The quantitative estimate of drug-likeness (QED) is 0.510. The molecule has 1 atom stereocenters. The maximum atomic E-state index is 11.4. The molecule has 0 aromatic carbocycles. The Hall–Kier alpha value is -0.950. The molecule has 0 aliphatic carbocycles. The van der Waals surface area contributed by atoms with E-state index in [1.54, 1.807) is 25.9 Å². The lowest BCUT2D eigenvalue weighted by atomic mass is 9.93. The first-order chi connectivity index (χ1) is 10.6. The van der Waals surface area contributed by atoms with Crippen molar-refractivity contribution < 1.29 is 9.90 Å². The van der Waals surface area contributed by atoms with Crippen LogP contribution in [0.3, 0.4) is 0 Å². The van der Waals surface area contributed by atoms with Crippen LogP contribution in [0.2, 0.25) is 0 Å². The van der Waals surface area contributed by atoms with E-state index < -0.39 is 5.60 Å². The van der Waals surface area contributed by atoms with Crippen molar-refractivity contribution >= 4 is 23.6 Å². The standard InChI is InChI=1S/C15H28N4O2S/c1-16-13(20)9-12-3-6-19(7-4-12)14(17-2)18-10-15(21)5-8-22-11-15/h12,21H,3-11H2,1-2H3,(H,16,20)(H,17,18). The lowest BCUT2D eigenvalue weighted by molar-refractivity contribution is -0.121. The van der Waals surface area contributed by atoms with Crippen LogP contribution in [-0.4, -0.2) is 72.7 Å². The summed E-state index contributed by atoms with van der Waals surface area (Å²) in [7, 11) is 3.47. The molecule has 0 radical (unpaired) electrons. The molecule has 0 bridgehead atoms. The van der Waals surface area contributed by atoms with E-state index >= 15 is 0 Å². The molecule has 3 N–H and O–H groups in total. The second kappa shape index (κ2) is 8.06. The Balaban J connectivity index is 1.77. The van der Waals surface area contributed by atoms with Gasteiger partial charge in [0.05, 0.1) is 5.60 Å². The van der Waals surface area contributed by atoms with Crippen LogP contribution in [0.1, 0.15) is 25.7 Å². The molecule has 2 aliphatic heterocycles. The van der Waals surface area contributed by atoms with E-state index in [0.717, 1.165) is 49.8 Å². The van der Waals surface area contributed by atoms with Crippen molar-refractivity contribution in [2.24, 2.45) is 10.9 Å². The van der Waals surface area contributed by atoms with Crippen LogP contribution in [0.4, 0.5) is 0 Å². The Bertz CT molecular complexity index is 402. The van der Waals surface area contributed by atoms with Gasteiger partial charge in [0, 0.05) is 45.9 Å². The topological polar surface area (TPSA) is 77.0 Å². The fourth-order valence-electron chi connectivity index (χ4n) is 3.02. The van der Waals surface area contributed by atoms with Crippen molar-refractivity contribution in [2.45, 2.75) is 31.3 Å². The number of hydrogen-bond donors (Lipinski definition) is 3. The van der Waals surface area contributed by atoms with Gasteiger partial charge < -0.3 is 20.6 Å². The molecular formula is C15H28N4O2S. The Morgan fingerprint density at radius 1 is 1.45 bits per heavy atom. The third-order valence-electron chi connectivity index (χ3n) is 4.54. The van der Waals surface area contributed by atoms with E-state index in [1.165, 1.54) is 0 Å². The molecular weight excluding hydrogens is 300 g/mol. The van der Waals surface area contributed by atoms with Gasteiger partial charge in [0.25, 0.3) is 0 Å². The van der Waals surface area contributed by atoms with E-state index in [9.17, 15) is 9.90 Å². The van der Waals surface area contributed by atoms with Crippen molar-refractivity contribution in [1.29, 1.82) is 0 Å². The Labute approximate surface area is 137 Å². The van der Waals surface area contributed by atoms with Crippen LogP contribution in [-0.2, 0) is 4.79 Å². The summed E-state index contributed by atoms with van der Waals surface area (Å²) in [6.07, 6.45) is 3.48. The van der Waals surface area contributed by atoms with Crippen LogP contribution in [0.5, 0.6) is 0 Å². The predicted molar refractivity (Wildman–Crippen MR) is 91.2 cm³/mol. The second-order valence-electron chi connectivity index (χ2n) is 6.24. The largest absolute Gasteiger partial charge is 0.387 e. The number of hydrogen-bond acceptors (Lipinski definition) is 4. The number of aliphatic hydroxyl groups is 1. The van der Waals surface area contributed by atoms with Gasteiger partial charge in [-0.25, -0.2) is 0 Å². The second-order valence-corrected chi connectivity index (χ2v) is 7.34. The summed E-state index contributed by atoms with van der Waals surface area (Å²) >= 11 is 1.80. The number of nitrogens with one attached hydrogen (secondary N) is 2. The molecule has 0 saturated carbocycles. The smallest absolute Gasteiger partial charge is 0.220 e. The normalized spacial score (nSPS) is 27.0. The third kappa shape index (κ3) is 4.78. The molecule has 2 rings (SSSR count). The van der Waals surface area contributed by atoms with Gasteiger partial charge in [-0.15, -0.1) is 0 Å². The number of thioether (sulfide) groups is 1. The number of carbonyl (C=O) groups is 1. The van der Waals surface area contributed by atoms with Gasteiger partial charge in [-0.3, -0.25) is 9.79 Å². The zero-order valence-electron chi connectivity index (χ0n) is 13.6. The average molecular weight is 328 g/mol. The number of aliphatic imine (C=N–C) groups is 1. The van der Waals surface area contributed by atoms with Crippen LogP contribution >= 0.6 is 11.8 Å². The van der Waals surface area contributed by atoms with Gasteiger partial charge in [-0.1, -0.05) is 0 Å². The minimum Gasteiger partial charge on any atom is -0.387 e. The van der Waals surface area contributed by atoms with Gasteiger partial charge in [-0.2, -0.15) is 11.8 Å². The lowest BCUT2D eigenvalue weighted by Crippen LogP contribution is -2.50. The summed E-state index contributed by atoms with van der Waals surface area (Å²) in [5.41, 5.74) is -0.599. The van der Waals surface area contributed by atoms with E-state index in [0.29, 0.717) is 18.9 Å². The van der Waals surface area contributed by atoms with E-state index in [4.69, 9.17) is 0 Å². The van der Waals surface area contributed by atoms with Crippen molar-refractivity contribution in [1.82, 2.24) is 15.5 Å². The first kappa shape index (κ1) is 17.4. The van der Waals surface area contributed by atoms with Crippen molar-refractivity contribution in [2.75, 3.05) is 45.2 Å². The highest BCUT2D eigenvalue weighted by atomic mass is 32.2. The monoisotopic (exact) mass is 328 g/mol. The SMILES string of the molecule is CN=C(NCC1(O)CCSC1)N1CCC(CC(=O)NC)CC1. The highest BCUT2D eigenvalue weighted by Gasteiger charge is 2.32. The maximum Gasteiger partial charge on any atom is 0.220 e. The zero-order valence-corrected chi connectivity index (χ0v) is 14.4. The number of likely N-dealkylation sites (tertiary alicyclic amines) is 1. The average Bonchev–Trinajstić information content (AvgIpc) is 2.96.